The number of nitrogens with zero attached hydrogens (tertiary/aromatic N) is 4. The van der Waals surface area contributed by atoms with Gasteiger partial charge in [-0.25, -0.2) is 9.37 Å². The number of imidazole rings is 1. The largest absolute Gasteiger partial charge is 0.508 e. The third-order valence-corrected chi connectivity index (χ3v) is 6.92. The smallest absolute Gasteiger partial charge is 0.249 e. The van der Waals surface area contributed by atoms with Crippen molar-refractivity contribution in [2.45, 2.75) is 31.5 Å². The molecule has 4 aromatic rings. The normalized spacial score (nSPS) is 16.8. The quantitative estimate of drug-likeness (QED) is 0.363. The lowest BCUT2D eigenvalue weighted by Crippen LogP contribution is -2.43. The summed E-state index contributed by atoms with van der Waals surface area (Å²) in [7, 11) is 0. The van der Waals surface area contributed by atoms with Crippen molar-refractivity contribution < 1.29 is 19.1 Å². The zero-order valence-corrected chi connectivity index (χ0v) is 20.6. The van der Waals surface area contributed by atoms with E-state index in [0.29, 0.717) is 29.9 Å². The molecule has 4 N–H and O–H groups in total. The van der Waals surface area contributed by atoms with Crippen LogP contribution < -0.4 is 16.0 Å². The molecule has 38 heavy (non-hydrogen) atoms. The second-order valence-electron chi connectivity index (χ2n) is 9.50. The Bertz CT molecular complexity index is 1610. The average Bonchev–Trinajstić information content (AvgIpc) is 3.50. The first-order valence-corrected chi connectivity index (χ1v) is 12.0. The molecule has 1 aliphatic heterocycles. The van der Waals surface area contributed by atoms with Crippen molar-refractivity contribution >= 4 is 28.3 Å². The predicted molar refractivity (Wildman–Crippen MR) is 138 cm³/mol. The highest BCUT2D eigenvalue weighted by molar-refractivity contribution is 6.08. The highest BCUT2D eigenvalue weighted by atomic mass is 19.1. The minimum Gasteiger partial charge on any atom is -0.508 e. The van der Waals surface area contributed by atoms with E-state index in [2.05, 4.69) is 10.3 Å². The lowest BCUT2D eigenvalue weighted by molar-refractivity contribution is -0.126. The number of aromatic hydroxyl groups is 1. The monoisotopic (exact) mass is 512 g/mol. The van der Waals surface area contributed by atoms with Gasteiger partial charge in [0.15, 0.2) is 0 Å². The molecular weight excluding hydrogens is 487 g/mol. The van der Waals surface area contributed by atoms with Crippen molar-refractivity contribution in [1.82, 2.24) is 14.9 Å². The standard InChI is InChI=1S/C28H25FN6O3/c1-28(31,19-7-5-18(13-30)22(29)11-19)25-14-32-16-34(25)15-26(37)33-23-9-10-35(27(23)38)24-4-2-3-17-6-8-20(36)12-21(17)24/h2-8,11-12,14,16,23,36H,9-10,15,31H2,1H3,(H,33,37). The number of benzene rings is 3. The summed E-state index contributed by atoms with van der Waals surface area (Å²) in [6, 6.07) is 15.8. The number of fused-ring (bicyclic) bond motifs is 1. The van der Waals surface area contributed by atoms with E-state index in [0.717, 1.165) is 10.8 Å². The van der Waals surface area contributed by atoms with Crippen LogP contribution in [-0.4, -0.2) is 39.1 Å². The summed E-state index contributed by atoms with van der Waals surface area (Å²) in [5, 5.41) is 23.4. The molecule has 0 spiro atoms. The fraction of sp³-hybridized carbons (Fsp3) is 0.214. The van der Waals surface area contributed by atoms with E-state index in [1.807, 2.05) is 18.2 Å². The number of amides is 2. The number of rotatable bonds is 6. The van der Waals surface area contributed by atoms with Crippen LogP contribution in [0.3, 0.4) is 0 Å². The molecule has 1 aliphatic rings. The number of carbonyl (C=O) groups is 2. The SMILES string of the molecule is CC(N)(c1ccc(C#N)c(F)c1)c1cncn1CC(=O)NC1CCN(c2cccc3ccc(O)cc23)C1=O. The number of nitrogens with two attached hydrogens (primary N) is 1. The molecule has 9 nitrogen and oxygen atoms in total. The summed E-state index contributed by atoms with van der Waals surface area (Å²) in [6.45, 7) is 1.94. The Morgan fingerprint density at radius 3 is 2.87 bits per heavy atom. The topological polar surface area (TPSA) is 137 Å². The molecular formula is C28H25FN6O3. The Labute approximate surface area is 217 Å². The van der Waals surface area contributed by atoms with E-state index >= 15 is 0 Å². The lowest BCUT2D eigenvalue weighted by Gasteiger charge is -2.27. The van der Waals surface area contributed by atoms with Gasteiger partial charge in [0.05, 0.1) is 35.0 Å². The predicted octanol–water partition coefficient (Wildman–Crippen LogP) is 2.90. The molecule has 10 heteroatoms. The van der Waals surface area contributed by atoms with Crippen LogP contribution in [-0.2, 0) is 21.7 Å². The van der Waals surface area contributed by atoms with Gasteiger partial charge >= 0.3 is 0 Å². The molecule has 0 radical (unpaired) electrons. The van der Waals surface area contributed by atoms with Gasteiger partial charge in [0.25, 0.3) is 0 Å². The zero-order chi connectivity index (χ0) is 27.0. The van der Waals surface area contributed by atoms with Crippen LogP contribution in [0.1, 0.15) is 30.2 Å². The second kappa shape index (κ2) is 9.61. The summed E-state index contributed by atoms with van der Waals surface area (Å²) < 4.78 is 15.8. The summed E-state index contributed by atoms with van der Waals surface area (Å²) in [5.41, 5.74) is 6.80. The zero-order valence-electron chi connectivity index (χ0n) is 20.6. The van der Waals surface area contributed by atoms with Crippen molar-refractivity contribution in [2.75, 3.05) is 11.4 Å². The average molecular weight is 513 g/mol. The Hall–Kier alpha value is -4.75. The molecule has 1 saturated heterocycles. The third-order valence-electron chi connectivity index (χ3n) is 6.92. The van der Waals surface area contributed by atoms with E-state index < -0.39 is 23.3 Å². The number of carbonyl (C=O) groups excluding carboxylic acids is 2. The van der Waals surface area contributed by atoms with Crippen LogP contribution in [0.2, 0.25) is 0 Å². The first-order chi connectivity index (χ1) is 18.2. The molecule has 0 saturated carbocycles. The number of anilines is 1. The van der Waals surface area contributed by atoms with E-state index in [1.54, 1.807) is 46.7 Å². The second-order valence-corrected chi connectivity index (χ2v) is 9.50. The molecule has 192 valence electrons. The van der Waals surface area contributed by atoms with Gasteiger partial charge in [0, 0.05) is 11.9 Å². The van der Waals surface area contributed by atoms with Crippen molar-refractivity contribution in [3.05, 3.63) is 89.8 Å². The molecule has 3 aromatic carbocycles. The van der Waals surface area contributed by atoms with Crippen molar-refractivity contribution in [2.24, 2.45) is 5.73 Å². The molecule has 2 heterocycles. The van der Waals surface area contributed by atoms with Gasteiger partial charge in [-0.1, -0.05) is 24.3 Å². The van der Waals surface area contributed by atoms with E-state index in [4.69, 9.17) is 11.0 Å². The van der Waals surface area contributed by atoms with Crippen molar-refractivity contribution in [3.63, 3.8) is 0 Å². The maximum absolute atomic E-state index is 14.2. The van der Waals surface area contributed by atoms with Crippen LogP contribution in [0.15, 0.2) is 67.1 Å². The summed E-state index contributed by atoms with van der Waals surface area (Å²) in [6.07, 6.45) is 3.38. The van der Waals surface area contributed by atoms with E-state index in [9.17, 15) is 19.1 Å². The number of nitrogens with one attached hydrogen (secondary N) is 1. The molecule has 2 amide bonds. The number of hydrogen-bond donors (Lipinski definition) is 3. The molecule has 0 aliphatic carbocycles. The van der Waals surface area contributed by atoms with Gasteiger partial charge < -0.3 is 25.6 Å². The van der Waals surface area contributed by atoms with Crippen molar-refractivity contribution in [3.8, 4) is 11.8 Å². The van der Waals surface area contributed by atoms with Crippen molar-refractivity contribution in [1.29, 1.82) is 5.26 Å². The van der Waals surface area contributed by atoms with E-state index in [1.165, 1.54) is 24.7 Å². The first-order valence-electron chi connectivity index (χ1n) is 12.0. The summed E-state index contributed by atoms with van der Waals surface area (Å²) in [5.74, 6) is -1.22. The Balaban J connectivity index is 1.31. The summed E-state index contributed by atoms with van der Waals surface area (Å²) in [4.78, 5) is 31.9. The first kappa shape index (κ1) is 24.9. The number of aromatic nitrogens is 2. The maximum Gasteiger partial charge on any atom is 0.249 e. The fourth-order valence-corrected chi connectivity index (χ4v) is 4.88. The van der Waals surface area contributed by atoms with Crippen LogP contribution in [0.4, 0.5) is 10.1 Å². The highest BCUT2D eigenvalue weighted by Gasteiger charge is 2.35. The van der Waals surface area contributed by atoms with Crippen LogP contribution in [0.25, 0.3) is 10.8 Å². The minimum absolute atomic E-state index is 0.0898. The van der Waals surface area contributed by atoms with Gasteiger partial charge in [-0.15, -0.1) is 0 Å². The number of phenols is 1. The van der Waals surface area contributed by atoms with Crippen LogP contribution in [0.5, 0.6) is 5.75 Å². The fourth-order valence-electron chi connectivity index (χ4n) is 4.88. The minimum atomic E-state index is -1.20. The van der Waals surface area contributed by atoms with Gasteiger partial charge in [-0.2, -0.15) is 5.26 Å². The van der Waals surface area contributed by atoms with Crippen LogP contribution >= 0.6 is 0 Å². The lowest BCUT2D eigenvalue weighted by atomic mass is 9.89. The van der Waals surface area contributed by atoms with Crippen LogP contribution in [0, 0.1) is 17.1 Å². The third kappa shape index (κ3) is 4.44. The molecule has 1 fully saturated rings. The number of halogens is 1. The highest BCUT2D eigenvalue weighted by Crippen LogP contribution is 2.32. The van der Waals surface area contributed by atoms with Gasteiger partial charge in [-0.05, 0) is 54.6 Å². The number of phenolic OH excluding ortho intramolecular Hbond substituents is 1. The molecule has 1 aromatic heterocycles. The van der Waals surface area contributed by atoms with Gasteiger partial charge in [0.2, 0.25) is 11.8 Å². The van der Waals surface area contributed by atoms with E-state index in [-0.39, 0.29) is 23.8 Å². The maximum atomic E-state index is 14.2. The number of hydrogen-bond acceptors (Lipinski definition) is 6. The molecule has 2 atom stereocenters. The Kier molecular flexibility index (Phi) is 6.30. The van der Waals surface area contributed by atoms with Gasteiger partial charge in [-0.3, -0.25) is 9.59 Å². The summed E-state index contributed by atoms with van der Waals surface area (Å²) >= 11 is 0. The molecule has 0 bridgehead atoms. The molecule has 2 unspecified atom stereocenters. The Morgan fingerprint density at radius 1 is 1.29 bits per heavy atom. The Morgan fingerprint density at radius 2 is 2.11 bits per heavy atom. The molecule has 5 rings (SSSR count). The van der Waals surface area contributed by atoms with Gasteiger partial charge in [0.1, 0.15) is 30.2 Å². The number of nitriles is 1.